The molecule has 0 unspecified atom stereocenters. The first-order valence-electron chi connectivity index (χ1n) is 14.2. The Bertz CT molecular complexity index is 1430. The fourth-order valence-corrected chi connectivity index (χ4v) is 4.35. The molecule has 0 bridgehead atoms. The molecule has 45 heavy (non-hydrogen) atoms. The number of nitrogens with zero attached hydrogens (tertiary/aromatic N) is 6. The van der Waals surface area contributed by atoms with Gasteiger partial charge in [-0.05, 0) is 47.2 Å². The minimum atomic E-state index is -0.190. The molecule has 0 amide bonds. The molecule has 0 aliphatic carbocycles. The zero-order valence-electron chi connectivity index (χ0n) is 24.5. The summed E-state index contributed by atoms with van der Waals surface area (Å²) in [5.41, 5.74) is 3.75. The fraction of sp³-hybridized carbons (Fsp3) is 0.111. The summed E-state index contributed by atoms with van der Waals surface area (Å²) in [7, 11) is 0. The first-order valence-corrected chi connectivity index (χ1v) is 14.2. The van der Waals surface area contributed by atoms with Crippen molar-refractivity contribution in [3.05, 3.63) is 171 Å². The molecule has 4 aromatic carbocycles. The number of benzene rings is 4. The van der Waals surface area contributed by atoms with E-state index < -0.39 is 0 Å². The van der Waals surface area contributed by atoms with Gasteiger partial charge in [0.1, 0.15) is 0 Å². The van der Waals surface area contributed by atoms with Gasteiger partial charge in [-0.1, -0.05) is 97.1 Å². The van der Waals surface area contributed by atoms with Crippen molar-refractivity contribution in [3.8, 4) is 0 Å². The van der Waals surface area contributed by atoms with Crippen LogP contribution in [-0.2, 0) is 29.6 Å². The van der Waals surface area contributed by atoms with Crippen LogP contribution >= 0.6 is 0 Å². The van der Waals surface area contributed by atoms with E-state index in [0.717, 1.165) is 13.1 Å². The van der Waals surface area contributed by atoms with E-state index in [0.29, 0.717) is 11.4 Å². The standard InChI is InChI=1S/2C18H17N3O.Ni/c2*22-18(19-17-9-5-2-6-10-17)14-21-12-11-20(15-21)13-16-7-3-1-4-8-16;/h2*1-12H,13-14H2,(H,19,22);/q;;+2/p-2. The van der Waals surface area contributed by atoms with Crippen LogP contribution in [0.3, 0.4) is 0 Å². The van der Waals surface area contributed by atoms with Crippen molar-refractivity contribution in [2.45, 2.75) is 13.1 Å². The van der Waals surface area contributed by atoms with E-state index in [-0.39, 0.29) is 41.4 Å². The Morgan fingerprint density at radius 3 is 1.13 bits per heavy atom. The number of rotatable bonds is 10. The molecule has 2 heterocycles. The average molecular weight is 639 g/mol. The Hall–Kier alpha value is -5.01. The summed E-state index contributed by atoms with van der Waals surface area (Å²) >= 11 is 0. The zero-order valence-corrected chi connectivity index (χ0v) is 25.5. The molecule has 4 radical (unpaired) electrons. The molecule has 0 aromatic heterocycles. The van der Waals surface area contributed by atoms with Gasteiger partial charge in [-0.2, -0.15) is 0 Å². The Morgan fingerprint density at radius 1 is 0.467 bits per heavy atom. The topological polar surface area (TPSA) is 83.8 Å². The second-order valence-corrected chi connectivity index (χ2v) is 9.96. The average Bonchev–Trinajstić information content (AvgIpc) is 3.68. The van der Waals surface area contributed by atoms with Crippen LogP contribution in [0.4, 0.5) is 11.4 Å². The third-order valence-corrected chi connectivity index (χ3v) is 6.39. The van der Waals surface area contributed by atoms with Crippen molar-refractivity contribution < 1.29 is 26.7 Å². The Balaban J connectivity index is 0.000000200. The first kappa shape index (κ1) is 32.9. The third-order valence-electron chi connectivity index (χ3n) is 6.39. The van der Waals surface area contributed by atoms with Crippen LogP contribution in [0.25, 0.3) is 0 Å². The number of aliphatic imine (C=N–C) groups is 2. The molecule has 2 aliphatic rings. The number of hydrogen-bond donors (Lipinski definition) is 0. The van der Waals surface area contributed by atoms with Crippen LogP contribution in [0.1, 0.15) is 11.1 Å². The van der Waals surface area contributed by atoms with Gasteiger partial charge in [0.2, 0.25) is 13.3 Å². The summed E-state index contributed by atoms with van der Waals surface area (Å²) in [6, 6.07) is 38.8. The fourth-order valence-electron chi connectivity index (χ4n) is 4.35. The van der Waals surface area contributed by atoms with Gasteiger partial charge >= 0.3 is 16.5 Å². The van der Waals surface area contributed by atoms with E-state index in [9.17, 15) is 10.2 Å². The van der Waals surface area contributed by atoms with E-state index in [1.807, 2.05) is 132 Å². The van der Waals surface area contributed by atoms with Gasteiger partial charge in [0, 0.05) is 51.0 Å². The second-order valence-electron chi connectivity index (χ2n) is 9.96. The van der Waals surface area contributed by atoms with E-state index >= 15 is 0 Å². The van der Waals surface area contributed by atoms with Crippen LogP contribution in [0.2, 0.25) is 0 Å². The van der Waals surface area contributed by atoms with Crippen LogP contribution in [0.15, 0.2) is 156 Å². The van der Waals surface area contributed by atoms with E-state index in [2.05, 4.69) is 47.6 Å². The molecular formula is C36H32N6NiO2. The van der Waals surface area contributed by atoms with Crippen molar-refractivity contribution in [2.24, 2.45) is 9.98 Å². The molecule has 0 fully saturated rings. The van der Waals surface area contributed by atoms with Crippen molar-refractivity contribution in [2.75, 3.05) is 13.1 Å². The van der Waals surface area contributed by atoms with Gasteiger partial charge in [0.05, 0.1) is 11.4 Å². The van der Waals surface area contributed by atoms with Crippen molar-refractivity contribution in [1.82, 2.24) is 19.6 Å². The van der Waals surface area contributed by atoms with Crippen LogP contribution in [0, 0.1) is 13.3 Å². The molecule has 0 N–H and O–H groups in total. The van der Waals surface area contributed by atoms with E-state index in [1.54, 1.807) is 9.80 Å². The van der Waals surface area contributed by atoms with Gasteiger partial charge in [-0.15, -0.1) is 0 Å². The van der Waals surface area contributed by atoms with Gasteiger partial charge in [-0.3, -0.25) is 9.98 Å². The minimum absolute atomic E-state index is 0. The molecule has 2 aliphatic heterocycles. The first-order chi connectivity index (χ1) is 21.6. The number of para-hydroxylation sites is 2. The van der Waals surface area contributed by atoms with Crippen LogP contribution in [0.5, 0.6) is 0 Å². The van der Waals surface area contributed by atoms with Crippen molar-refractivity contribution in [1.29, 1.82) is 0 Å². The van der Waals surface area contributed by atoms with Gasteiger partial charge in [0.25, 0.3) is 0 Å². The smallest absolute Gasteiger partial charge is 0.860 e. The Labute approximate surface area is 275 Å². The second kappa shape index (κ2) is 17.3. The normalized spacial score (nSPS) is 14.3. The van der Waals surface area contributed by atoms with Crippen LogP contribution < -0.4 is 10.2 Å². The van der Waals surface area contributed by atoms with E-state index in [4.69, 9.17) is 0 Å². The molecule has 0 spiro atoms. The summed E-state index contributed by atoms with van der Waals surface area (Å²) < 4.78 is 0. The molecule has 9 heteroatoms. The van der Waals surface area contributed by atoms with Gasteiger partial charge < -0.3 is 29.8 Å². The molecule has 4 aromatic rings. The maximum absolute atomic E-state index is 11.9. The minimum Gasteiger partial charge on any atom is -0.860 e. The molecule has 8 nitrogen and oxygen atoms in total. The maximum Gasteiger partial charge on any atom is 2.00 e. The quantitative estimate of drug-likeness (QED) is 0.142. The predicted molar refractivity (Wildman–Crippen MR) is 169 cm³/mol. The summed E-state index contributed by atoms with van der Waals surface area (Å²) in [6.45, 7) is 8.11. The summed E-state index contributed by atoms with van der Waals surface area (Å²) in [5.74, 6) is -0.380. The molecule has 228 valence electrons. The van der Waals surface area contributed by atoms with Crippen molar-refractivity contribution in [3.63, 3.8) is 0 Å². The molecule has 6 rings (SSSR count). The van der Waals surface area contributed by atoms with Gasteiger partial charge in [0.15, 0.2) is 0 Å². The largest absolute Gasteiger partial charge is 2.00 e. The van der Waals surface area contributed by atoms with Crippen molar-refractivity contribution >= 4 is 23.2 Å². The Morgan fingerprint density at radius 2 is 0.778 bits per heavy atom. The predicted octanol–water partition coefficient (Wildman–Crippen LogP) is 4.72. The maximum atomic E-state index is 11.9. The third kappa shape index (κ3) is 11.2. The molecule has 0 atom stereocenters. The zero-order chi connectivity index (χ0) is 30.4. The van der Waals surface area contributed by atoms with Crippen LogP contribution in [-0.4, -0.2) is 44.5 Å². The SMILES string of the molecule is [Ni+2].[O-]C(CN1[C]N(Cc2ccccc2)C=C1)=Nc1ccccc1.[O-]C(CN1[C]N(Cc2ccccc2)C=C1)=Nc1ccccc1. The molecule has 0 saturated carbocycles. The monoisotopic (exact) mass is 638 g/mol. The summed E-state index contributed by atoms with van der Waals surface area (Å²) in [5, 5.41) is 23.9. The molecular weight excluding hydrogens is 607 g/mol. The van der Waals surface area contributed by atoms with Gasteiger partial charge in [-0.25, -0.2) is 0 Å². The summed E-state index contributed by atoms with van der Waals surface area (Å²) in [6.07, 6.45) is 7.48. The number of hydrogen-bond acceptors (Lipinski definition) is 8. The Kier molecular flexibility index (Phi) is 12.7. The molecule has 0 saturated heterocycles. The summed E-state index contributed by atoms with van der Waals surface area (Å²) in [4.78, 5) is 15.4. The van der Waals surface area contributed by atoms with E-state index in [1.165, 1.54) is 11.1 Å².